The third kappa shape index (κ3) is 5.15. The molecule has 1 aliphatic rings. The number of carbonyl (C=O) groups excluding carboxylic acids is 2. The molecule has 1 amide bonds. The zero-order chi connectivity index (χ0) is 20.0. The number of hydrogen-bond acceptors (Lipinski definition) is 6. The molecule has 0 N–H and O–H groups in total. The van der Waals surface area contributed by atoms with E-state index in [0.717, 1.165) is 5.57 Å². The second kappa shape index (κ2) is 8.79. The van der Waals surface area contributed by atoms with Crippen LogP contribution < -0.4 is 0 Å². The van der Waals surface area contributed by atoms with Gasteiger partial charge in [-0.15, -0.1) is 0 Å². The van der Waals surface area contributed by atoms with Gasteiger partial charge in [0.05, 0.1) is 10.5 Å². The summed E-state index contributed by atoms with van der Waals surface area (Å²) >= 11 is 0. The molecule has 2 rings (SSSR count). The maximum Gasteiger partial charge on any atom is 0.331 e. The average molecular weight is 391 g/mol. The van der Waals surface area contributed by atoms with Gasteiger partial charge < -0.3 is 9.64 Å². The highest BCUT2D eigenvalue weighted by atomic mass is 32.2. The minimum Gasteiger partial charge on any atom is -0.452 e. The molecule has 1 heterocycles. The molecular formula is C18H21N3O5S. The van der Waals surface area contributed by atoms with Gasteiger partial charge in [-0.25, -0.2) is 13.2 Å². The van der Waals surface area contributed by atoms with Gasteiger partial charge in [-0.3, -0.25) is 4.79 Å². The zero-order valence-electron chi connectivity index (χ0n) is 15.2. The second-order valence-corrected chi connectivity index (χ2v) is 8.13. The van der Waals surface area contributed by atoms with Crippen LogP contribution in [-0.2, 0) is 24.3 Å². The average Bonchev–Trinajstić information content (AvgIpc) is 2.65. The van der Waals surface area contributed by atoms with Gasteiger partial charge in [0.2, 0.25) is 10.0 Å². The Morgan fingerprint density at radius 2 is 1.81 bits per heavy atom. The normalized spacial score (nSPS) is 14.9. The number of ether oxygens (including phenoxy) is 1. The van der Waals surface area contributed by atoms with E-state index in [-0.39, 0.29) is 49.2 Å². The molecular weight excluding hydrogens is 370 g/mol. The monoisotopic (exact) mass is 391 g/mol. The molecule has 0 spiro atoms. The van der Waals surface area contributed by atoms with Crippen LogP contribution in [0.5, 0.6) is 0 Å². The number of piperazine rings is 1. The summed E-state index contributed by atoms with van der Waals surface area (Å²) < 4.78 is 31.7. The summed E-state index contributed by atoms with van der Waals surface area (Å²) in [6, 6.07) is 7.90. The van der Waals surface area contributed by atoms with Crippen molar-refractivity contribution in [3.8, 4) is 6.07 Å². The Bertz CT molecular complexity index is 890. The lowest BCUT2D eigenvalue weighted by Gasteiger charge is -2.34. The number of carbonyl (C=O) groups is 2. The Hall–Kier alpha value is -2.70. The minimum atomic E-state index is -3.81. The fourth-order valence-electron chi connectivity index (χ4n) is 2.60. The van der Waals surface area contributed by atoms with Gasteiger partial charge in [0.25, 0.3) is 5.91 Å². The van der Waals surface area contributed by atoms with Crippen molar-refractivity contribution in [3.63, 3.8) is 0 Å². The van der Waals surface area contributed by atoms with E-state index in [9.17, 15) is 18.0 Å². The highest BCUT2D eigenvalue weighted by molar-refractivity contribution is 7.89. The largest absolute Gasteiger partial charge is 0.452 e. The highest BCUT2D eigenvalue weighted by Crippen LogP contribution is 2.21. The lowest BCUT2D eigenvalue weighted by molar-refractivity contribution is -0.148. The molecule has 1 aromatic carbocycles. The molecule has 9 heteroatoms. The Labute approximate surface area is 158 Å². The van der Waals surface area contributed by atoms with Crippen molar-refractivity contribution < 1.29 is 22.7 Å². The lowest BCUT2D eigenvalue weighted by Crippen LogP contribution is -2.51. The number of benzene rings is 1. The fourth-order valence-corrected chi connectivity index (χ4v) is 4.17. The van der Waals surface area contributed by atoms with Crippen molar-refractivity contribution in [1.29, 1.82) is 5.26 Å². The van der Waals surface area contributed by atoms with Crippen LogP contribution in [0, 0.1) is 11.3 Å². The Balaban J connectivity index is 1.97. The predicted molar refractivity (Wildman–Crippen MR) is 96.9 cm³/mol. The molecule has 27 heavy (non-hydrogen) atoms. The lowest BCUT2D eigenvalue weighted by atomic mass is 10.2. The van der Waals surface area contributed by atoms with E-state index < -0.39 is 16.0 Å². The van der Waals surface area contributed by atoms with E-state index in [1.807, 2.05) is 6.07 Å². The van der Waals surface area contributed by atoms with Crippen LogP contribution in [0.3, 0.4) is 0 Å². The first kappa shape index (κ1) is 20.6. The van der Waals surface area contributed by atoms with Crippen LogP contribution >= 0.6 is 0 Å². The van der Waals surface area contributed by atoms with Crippen molar-refractivity contribution in [2.24, 2.45) is 0 Å². The first-order valence-electron chi connectivity index (χ1n) is 8.34. The third-order valence-electron chi connectivity index (χ3n) is 3.96. The first-order chi connectivity index (χ1) is 12.8. The summed E-state index contributed by atoms with van der Waals surface area (Å²) in [4.78, 5) is 25.0. The molecule has 0 saturated carbocycles. The van der Waals surface area contributed by atoms with Crippen LogP contribution in [-0.4, -0.2) is 62.3 Å². The summed E-state index contributed by atoms with van der Waals surface area (Å²) in [6.45, 7) is 3.69. The summed E-state index contributed by atoms with van der Waals surface area (Å²) in [5.74, 6) is -0.961. The SMILES string of the molecule is CC(C)=CC(=O)OCC(=O)N1CCN(S(=O)(=O)c2ccccc2C#N)CC1. The molecule has 8 nitrogen and oxygen atoms in total. The first-order valence-corrected chi connectivity index (χ1v) is 9.78. The number of nitriles is 1. The van der Waals surface area contributed by atoms with E-state index in [4.69, 9.17) is 10.00 Å². The van der Waals surface area contributed by atoms with Crippen LogP contribution in [0.4, 0.5) is 0 Å². The van der Waals surface area contributed by atoms with E-state index in [1.165, 1.54) is 27.4 Å². The van der Waals surface area contributed by atoms with Gasteiger partial charge in [-0.1, -0.05) is 17.7 Å². The predicted octanol–water partition coefficient (Wildman–Crippen LogP) is 0.901. The summed E-state index contributed by atoms with van der Waals surface area (Å²) in [5.41, 5.74) is 0.853. The number of esters is 1. The van der Waals surface area contributed by atoms with Gasteiger partial charge in [0.1, 0.15) is 6.07 Å². The highest BCUT2D eigenvalue weighted by Gasteiger charge is 2.31. The van der Waals surface area contributed by atoms with E-state index in [1.54, 1.807) is 26.0 Å². The van der Waals surface area contributed by atoms with E-state index in [2.05, 4.69) is 0 Å². The summed E-state index contributed by atoms with van der Waals surface area (Å²) in [6.07, 6.45) is 1.30. The smallest absolute Gasteiger partial charge is 0.331 e. The third-order valence-corrected chi connectivity index (χ3v) is 5.92. The van der Waals surface area contributed by atoms with Crippen LogP contribution in [0.1, 0.15) is 19.4 Å². The Morgan fingerprint density at radius 1 is 1.19 bits per heavy atom. The maximum atomic E-state index is 12.8. The Morgan fingerprint density at radius 3 is 2.41 bits per heavy atom. The molecule has 0 unspecified atom stereocenters. The molecule has 0 aliphatic carbocycles. The molecule has 0 atom stereocenters. The van der Waals surface area contributed by atoms with Gasteiger partial charge in [0.15, 0.2) is 6.61 Å². The van der Waals surface area contributed by atoms with Crippen molar-refractivity contribution in [2.45, 2.75) is 18.7 Å². The van der Waals surface area contributed by atoms with Crippen molar-refractivity contribution in [2.75, 3.05) is 32.8 Å². The van der Waals surface area contributed by atoms with Crippen molar-refractivity contribution in [1.82, 2.24) is 9.21 Å². The molecule has 1 aromatic rings. The van der Waals surface area contributed by atoms with Gasteiger partial charge in [-0.05, 0) is 26.0 Å². The summed E-state index contributed by atoms with van der Waals surface area (Å²) in [5, 5.41) is 9.12. The zero-order valence-corrected chi connectivity index (χ0v) is 16.0. The minimum absolute atomic E-state index is 0.0390. The number of rotatable bonds is 5. The molecule has 0 radical (unpaired) electrons. The van der Waals surface area contributed by atoms with Crippen LogP contribution in [0.2, 0.25) is 0 Å². The number of sulfonamides is 1. The second-order valence-electron chi connectivity index (χ2n) is 6.22. The molecule has 0 aromatic heterocycles. The number of allylic oxidation sites excluding steroid dienone is 1. The number of amides is 1. The molecule has 144 valence electrons. The molecule has 1 aliphatic heterocycles. The molecule has 1 fully saturated rings. The van der Waals surface area contributed by atoms with Gasteiger partial charge in [-0.2, -0.15) is 9.57 Å². The van der Waals surface area contributed by atoms with Crippen LogP contribution in [0.25, 0.3) is 0 Å². The van der Waals surface area contributed by atoms with E-state index in [0.29, 0.717) is 0 Å². The fraction of sp³-hybridized carbons (Fsp3) is 0.389. The quantitative estimate of drug-likeness (QED) is 0.545. The summed E-state index contributed by atoms with van der Waals surface area (Å²) in [7, 11) is -3.81. The van der Waals surface area contributed by atoms with Crippen LogP contribution in [0.15, 0.2) is 40.8 Å². The molecule has 0 bridgehead atoms. The Kier molecular flexibility index (Phi) is 6.71. The standard InChI is InChI=1S/C18H21N3O5S/c1-14(2)11-18(23)26-13-17(22)20-7-9-21(10-8-20)27(24,25)16-6-4-3-5-15(16)12-19/h3-6,11H,7-10,13H2,1-2H3. The number of hydrogen-bond donors (Lipinski definition) is 0. The number of nitrogens with zero attached hydrogens (tertiary/aromatic N) is 3. The molecule has 1 saturated heterocycles. The van der Waals surface area contributed by atoms with Crippen molar-refractivity contribution >= 4 is 21.9 Å². The van der Waals surface area contributed by atoms with Crippen molar-refractivity contribution in [3.05, 3.63) is 41.5 Å². The topological polar surface area (TPSA) is 108 Å². The van der Waals surface area contributed by atoms with E-state index >= 15 is 0 Å². The van der Waals surface area contributed by atoms with Gasteiger partial charge >= 0.3 is 5.97 Å². The van der Waals surface area contributed by atoms with Gasteiger partial charge in [0, 0.05) is 32.3 Å². The maximum absolute atomic E-state index is 12.8.